The highest BCUT2D eigenvalue weighted by Crippen LogP contribution is 2.37. The minimum atomic E-state index is 0.606. The highest BCUT2D eigenvalue weighted by molar-refractivity contribution is 6.31. The van der Waals surface area contributed by atoms with Crippen molar-refractivity contribution in [1.82, 2.24) is 5.32 Å². The van der Waals surface area contributed by atoms with Crippen LogP contribution in [0.1, 0.15) is 31.1 Å². The maximum atomic E-state index is 6.43. The molecule has 3 rings (SSSR count). The third-order valence-corrected chi connectivity index (χ3v) is 4.20. The number of nitrogens with zero attached hydrogens (tertiary/aromatic N) is 1. The van der Waals surface area contributed by atoms with Gasteiger partial charge in [-0.3, -0.25) is 0 Å². The van der Waals surface area contributed by atoms with Crippen molar-refractivity contribution in [3.63, 3.8) is 0 Å². The van der Waals surface area contributed by atoms with Gasteiger partial charge in [0.25, 0.3) is 0 Å². The van der Waals surface area contributed by atoms with Crippen molar-refractivity contribution in [3.05, 3.63) is 52.9 Å². The molecule has 1 aromatic heterocycles. The zero-order chi connectivity index (χ0) is 14.7. The molecule has 112 valence electrons. The number of hydrogen-bond acceptors (Lipinski definition) is 3. The molecule has 0 radical (unpaired) electrons. The van der Waals surface area contributed by atoms with Crippen LogP contribution in [-0.4, -0.2) is 12.6 Å². The summed E-state index contributed by atoms with van der Waals surface area (Å²) < 4.78 is 5.52. The smallest absolute Gasteiger partial charge is 0.123 e. The summed E-state index contributed by atoms with van der Waals surface area (Å²) in [6.07, 6.45) is 4.22. The maximum absolute atomic E-state index is 6.43. The molecule has 1 N–H and O–H groups in total. The standard InChI is InChI=1S/C17H21ClN2O/c1-2-19-11-15-16(18)6-3-7-17(15)20(13-8-9-13)12-14-5-4-10-21-14/h3-7,10,13,19H,2,8-9,11-12H2,1H3. The van der Waals surface area contributed by atoms with E-state index in [1.165, 1.54) is 24.1 Å². The first kappa shape index (κ1) is 14.5. The van der Waals surface area contributed by atoms with Gasteiger partial charge in [-0.15, -0.1) is 0 Å². The van der Waals surface area contributed by atoms with E-state index in [9.17, 15) is 0 Å². The van der Waals surface area contributed by atoms with Crippen molar-refractivity contribution >= 4 is 17.3 Å². The van der Waals surface area contributed by atoms with Crippen molar-refractivity contribution in [1.29, 1.82) is 0 Å². The van der Waals surface area contributed by atoms with E-state index >= 15 is 0 Å². The highest BCUT2D eigenvalue weighted by Gasteiger charge is 2.31. The minimum absolute atomic E-state index is 0.606. The molecule has 1 aliphatic carbocycles. The molecule has 0 bridgehead atoms. The van der Waals surface area contributed by atoms with Gasteiger partial charge in [0.15, 0.2) is 0 Å². The van der Waals surface area contributed by atoms with Crippen LogP contribution in [0.3, 0.4) is 0 Å². The Balaban J connectivity index is 1.89. The predicted octanol–water partition coefficient (Wildman–Crippen LogP) is 4.21. The van der Waals surface area contributed by atoms with Gasteiger partial charge in [-0.2, -0.15) is 0 Å². The molecule has 21 heavy (non-hydrogen) atoms. The Morgan fingerprint density at radius 3 is 2.81 bits per heavy atom. The van der Waals surface area contributed by atoms with Gasteiger partial charge in [0, 0.05) is 28.9 Å². The molecule has 0 unspecified atom stereocenters. The summed E-state index contributed by atoms with van der Waals surface area (Å²) in [5, 5.41) is 4.22. The Kier molecular flexibility index (Phi) is 4.51. The van der Waals surface area contributed by atoms with E-state index in [4.69, 9.17) is 16.0 Å². The summed E-state index contributed by atoms with van der Waals surface area (Å²) in [5.74, 6) is 0.997. The molecule has 4 heteroatoms. The summed E-state index contributed by atoms with van der Waals surface area (Å²) in [6.45, 7) is 4.65. The van der Waals surface area contributed by atoms with Gasteiger partial charge in [0.05, 0.1) is 12.8 Å². The van der Waals surface area contributed by atoms with Crippen LogP contribution in [0, 0.1) is 0 Å². The topological polar surface area (TPSA) is 28.4 Å². The Bertz CT molecular complexity index is 578. The van der Waals surface area contributed by atoms with Crippen LogP contribution in [0.15, 0.2) is 41.0 Å². The Morgan fingerprint density at radius 1 is 1.29 bits per heavy atom. The Morgan fingerprint density at radius 2 is 2.14 bits per heavy atom. The minimum Gasteiger partial charge on any atom is -0.467 e. The molecule has 1 aliphatic rings. The molecule has 3 nitrogen and oxygen atoms in total. The molecule has 0 amide bonds. The fourth-order valence-electron chi connectivity index (χ4n) is 2.61. The molecule has 0 atom stereocenters. The van der Waals surface area contributed by atoms with E-state index in [2.05, 4.69) is 23.2 Å². The zero-order valence-electron chi connectivity index (χ0n) is 12.3. The van der Waals surface area contributed by atoms with E-state index in [-0.39, 0.29) is 0 Å². The average Bonchev–Trinajstić information content (AvgIpc) is 3.20. The summed E-state index contributed by atoms with van der Waals surface area (Å²) >= 11 is 6.43. The lowest BCUT2D eigenvalue weighted by Gasteiger charge is -2.27. The van der Waals surface area contributed by atoms with E-state index in [0.717, 1.165) is 30.4 Å². The van der Waals surface area contributed by atoms with Gasteiger partial charge in [-0.25, -0.2) is 0 Å². The lowest BCUT2D eigenvalue weighted by molar-refractivity contribution is 0.500. The number of furan rings is 1. The first-order chi connectivity index (χ1) is 10.3. The summed E-state index contributed by atoms with van der Waals surface area (Å²) in [5.41, 5.74) is 2.40. The lowest BCUT2D eigenvalue weighted by Crippen LogP contribution is -2.27. The molecule has 2 aromatic rings. The number of hydrogen-bond donors (Lipinski definition) is 1. The van der Waals surface area contributed by atoms with Gasteiger partial charge in [-0.1, -0.05) is 24.6 Å². The van der Waals surface area contributed by atoms with E-state index in [1.54, 1.807) is 6.26 Å². The number of halogens is 1. The van der Waals surface area contributed by atoms with E-state index in [1.807, 2.05) is 24.3 Å². The average molecular weight is 305 g/mol. The van der Waals surface area contributed by atoms with Crippen LogP contribution < -0.4 is 10.2 Å². The summed E-state index contributed by atoms with van der Waals surface area (Å²) in [4.78, 5) is 2.43. The summed E-state index contributed by atoms with van der Waals surface area (Å²) in [6, 6.07) is 10.7. The number of nitrogens with one attached hydrogen (secondary N) is 1. The third-order valence-electron chi connectivity index (χ3n) is 3.85. The van der Waals surface area contributed by atoms with Crippen LogP contribution >= 0.6 is 11.6 Å². The Labute approximate surface area is 130 Å². The Hall–Kier alpha value is -1.45. The fraction of sp³-hybridized carbons (Fsp3) is 0.412. The second-order valence-corrected chi connectivity index (χ2v) is 5.86. The van der Waals surface area contributed by atoms with Crippen LogP contribution in [0.4, 0.5) is 5.69 Å². The monoisotopic (exact) mass is 304 g/mol. The summed E-state index contributed by atoms with van der Waals surface area (Å²) in [7, 11) is 0. The zero-order valence-corrected chi connectivity index (χ0v) is 13.1. The molecule has 1 aromatic carbocycles. The molecule has 1 saturated carbocycles. The normalized spacial score (nSPS) is 14.4. The fourth-order valence-corrected chi connectivity index (χ4v) is 2.85. The molecule has 1 heterocycles. The quantitative estimate of drug-likeness (QED) is 0.830. The van der Waals surface area contributed by atoms with Gasteiger partial charge < -0.3 is 14.6 Å². The third kappa shape index (κ3) is 3.42. The van der Waals surface area contributed by atoms with Crippen molar-refractivity contribution < 1.29 is 4.42 Å². The SMILES string of the molecule is CCNCc1c(Cl)cccc1N(Cc1ccco1)C1CC1. The van der Waals surface area contributed by atoms with Crippen LogP contribution in [0.2, 0.25) is 5.02 Å². The van der Waals surface area contributed by atoms with Crippen LogP contribution in [-0.2, 0) is 13.1 Å². The van der Waals surface area contributed by atoms with Crippen LogP contribution in [0.25, 0.3) is 0 Å². The molecule has 0 saturated heterocycles. The van der Waals surface area contributed by atoms with E-state index < -0.39 is 0 Å². The molecule has 0 spiro atoms. The van der Waals surface area contributed by atoms with Crippen molar-refractivity contribution in [2.75, 3.05) is 11.4 Å². The predicted molar refractivity (Wildman–Crippen MR) is 86.7 cm³/mol. The van der Waals surface area contributed by atoms with Crippen molar-refractivity contribution in [3.8, 4) is 0 Å². The molecule has 1 fully saturated rings. The van der Waals surface area contributed by atoms with Gasteiger partial charge in [0.1, 0.15) is 5.76 Å². The second-order valence-electron chi connectivity index (χ2n) is 5.46. The molecular formula is C17H21ClN2O. The first-order valence-corrected chi connectivity index (χ1v) is 7.94. The molecule has 0 aliphatic heterocycles. The molecular weight excluding hydrogens is 284 g/mol. The maximum Gasteiger partial charge on any atom is 0.123 e. The van der Waals surface area contributed by atoms with Crippen LogP contribution in [0.5, 0.6) is 0 Å². The van der Waals surface area contributed by atoms with Gasteiger partial charge in [-0.05, 0) is 43.7 Å². The second kappa shape index (κ2) is 6.54. The van der Waals surface area contributed by atoms with E-state index in [0.29, 0.717) is 6.04 Å². The largest absolute Gasteiger partial charge is 0.467 e. The number of benzene rings is 1. The lowest BCUT2D eigenvalue weighted by atomic mass is 10.1. The van der Waals surface area contributed by atoms with Gasteiger partial charge >= 0.3 is 0 Å². The highest BCUT2D eigenvalue weighted by atomic mass is 35.5. The van der Waals surface area contributed by atoms with Gasteiger partial charge in [0.2, 0.25) is 0 Å². The number of rotatable bonds is 7. The van der Waals surface area contributed by atoms with Crippen molar-refractivity contribution in [2.45, 2.75) is 38.9 Å². The first-order valence-electron chi connectivity index (χ1n) is 7.56. The number of anilines is 1. The van der Waals surface area contributed by atoms with Crippen molar-refractivity contribution in [2.24, 2.45) is 0 Å².